The molecule has 0 aromatic heterocycles. The number of ether oxygens (including phenoxy) is 2. The first kappa shape index (κ1) is 14.5. The molecule has 6 heteroatoms. The summed E-state index contributed by atoms with van der Waals surface area (Å²) in [7, 11) is 0. The van der Waals surface area contributed by atoms with Crippen molar-refractivity contribution >= 4 is 17.5 Å². The Bertz CT molecular complexity index is 538. The first-order chi connectivity index (χ1) is 10.2. The smallest absolute Gasteiger partial charge is 0.231 e. The van der Waals surface area contributed by atoms with Crippen LogP contribution >= 0.6 is 11.6 Å². The maximum atomic E-state index is 11.8. The lowest BCUT2D eigenvalue weighted by Crippen LogP contribution is -2.52. The fourth-order valence-corrected chi connectivity index (χ4v) is 3.12. The second-order valence-electron chi connectivity index (χ2n) is 5.30. The van der Waals surface area contributed by atoms with Gasteiger partial charge in [0.1, 0.15) is 5.50 Å². The molecule has 1 amide bonds. The van der Waals surface area contributed by atoms with Crippen LogP contribution < -0.4 is 9.47 Å². The molecule has 1 atom stereocenters. The van der Waals surface area contributed by atoms with Gasteiger partial charge in [0.05, 0.1) is 0 Å². The van der Waals surface area contributed by atoms with Gasteiger partial charge in [0, 0.05) is 32.6 Å². The minimum Gasteiger partial charge on any atom is -0.454 e. The van der Waals surface area contributed by atoms with Crippen molar-refractivity contribution in [1.82, 2.24) is 9.80 Å². The lowest BCUT2D eigenvalue weighted by Gasteiger charge is -2.38. The van der Waals surface area contributed by atoms with Crippen LogP contribution in [0.5, 0.6) is 11.5 Å². The Kier molecular flexibility index (Phi) is 4.22. The van der Waals surface area contributed by atoms with Gasteiger partial charge in [0.2, 0.25) is 12.7 Å². The van der Waals surface area contributed by atoms with Crippen LogP contribution in [0.25, 0.3) is 0 Å². The van der Waals surface area contributed by atoms with Crippen molar-refractivity contribution in [2.45, 2.75) is 25.4 Å². The highest BCUT2D eigenvalue weighted by Crippen LogP contribution is 2.33. The molecule has 1 saturated heterocycles. The second kappa shape index (κ2) is 6.12. The van der Waals surface area contributed by atoms with Crippen LogP contribution in [0.4, 0.5) is 0 Å². The Balaban J connectivity index is 1.61. The number of carbonyl (C=O) groups excluding carboxylic acids is 1. The number of alkyl halides is 1. The number of carbonyl (C=O) groups is 1. The lowest BCUT2D eigenvalue weighted by atomic mass is 10.1. The van der Waals surface area contributed by atoms with Crippen LogP contribution in [-0.2, 0) is 11.3 Å². The molecule has 0 spiro atoms. The molecular weight excluding hydrogens is 292 g/mol. The lowest BCUT2D eigenvalue weighted by molar-refractivity contribution is -0.133. The standard InChI is InChI=1S/C15H19ClN2O3/c1-2-15(19)18-6-5-17(9-14(18)16)8-11-3-4-12-13(7-11)21-10-20-12/h3-4,7,14H,2,5-6,8-10H2,1H3. The molecular formula is C15H19ClN2O3. The molecule has 21 heavy (non-hydrogen) atoms. The van der Waals surface area contributed by atoms with E-state index in [1.165, 1.54) is 5.56 Å². The fraction of sp³-hybridized carbons (Fsp3) is 0.533. The van der Waals surface area contributed by atoms with E-state index < -0.39 is 0 Å². The molecule has 2 aliphatic heterocycles. The predicted octanol–water partition coefficient (Wildman–Crippen LogP) is 2.03. The fourth-order valence-electron chi connectivity index (χ4n) is 2.72. The third-order valence-corrected chi connectivity index (χ3v) is 4.24. The maximum Gasteiger partial charge on any atom is 0.231 e. The van der Waals surface area contributed by atoms with Crippen LogP contribution in [-0.4, -0.2) is 47.6 Å². The maximum absolute atomic E-state index is 11.8. The Morgan fingerprint density at radius 1 is 1.33 bits per heavy atom. The van der Waals surface area contributed by atoms with Gasteiger partial charge in [-0.3, -0.25) is 9.69 Å². The van der Waals surface area contributed by atoms with Crippen molar-refractivity contribution in [1.29, 1.82) is 0 Å². The Labute approximate surface area is 129 Å². The normalized spacial score (nSPS) is 21.6. The van der Waals surface area contributed by atoms with E-state index in [2.05, 4.69) is 4.90 Å². The van der Waals surface area contributed by atoms with Crippen molar-refractivity contribution in [3.8, 4) is 11.5 Å². The van der Waals surface area contributed by atoms with Gasteiger partial charge in [-0.2, -0.15) is 0 Å². The van der Waals surface area contributed by atoms with E-state index in [9.17, 15) is 4.79 Å². The monoisotopic (exact) mass is 310 g/mol. The summed E-state index contributed by atoms with van der Waals surface area (Å²) in [6, 6.07) is 5.99. The number of amides is 1. The molecule has 1 aromatic rings. The van der Waals surface area contributed by atoms with Crippen molar-refractivity contribution in [3.63, 3.8) is 0 Å². The van der Waals surface area contributed by atoms with Crippen LogP contribution in [0.15, 0.2) is 18.2 Å². The molecule has 0 aliphatic carbocycles. The van der Waals surface area contributed by atoms with Crippen LogP contribution in [0.2, 0.25) is 0 Å². The summed E-state index contributed by atoms with van der Waals surface area (Å²) in [5.41, 5.74) is 0.915. The third-order valence-electron chi connectivity index (χ3n) is 3.87. The highest BCUT2D eigenvalue weighted by Gasteiger charge is 2.28. The van der Waals surface area contributed by atoms with Gasteiger partial charge in [-0.25, -0.2) is 0 Å². The summed E-state index contributed by atoms with van der Waals surface area (Å²) in [5.74, 6) is 1.72. The Morgan fingerprint density at radius 3 is 2.90 bits per heavy atom. The molecule has 0 saturated carbocycles. The highest BCUT2D eigenvalue weighted by atomic mass is 35.5. The second-order valence-corrected chi connectivity index (χ2v) is 5.80. The van der Waals surface area contributed by atoms with E-state index in [0.29, 0.717) is 26.3 Å². The van der Waals surface area contributed by atoms with Crippen LogP contribution in [0.1, 0.15) is 18.9 Å². The minimum atomic E-state index is -0.250. The number of rotatable bonds is 3. The van der Waals surface area contributed by atoms with E-state index in [4.69, 9.17) is 21.1 Å². The van der Waals surface area contributed by atoms with Gasteiger partial charge in [-0.15, -0.1) is 0 Å². The summed E-state index contributed by atoms with van der Waals surface area (Å²) >= 11 is 6.33. The molecule has 2 aliphatic rings. The van der Waals surface area contributed by atoms with E-state index in [-0.39, 0.29) is 11.4 Å². The van der Waals surface area contributed by atoms with Crippen molar-refractivity contribution in [2.24, 2.45) is 0 Å². The van der Waals surface area contributed by atoms with Gasteiger partial charge in [0.25, 0.3) is 0 Å². The van der Waals surface area contributed by atoms with E-state index >= 15 is 0 Å². The number of benzene rings is 1. The average molecular weight is 311 g/mol. The third kappa shape index (κ3) is 3.09. The van der Waals surface area contributed by atoms with Crippen molar-refractivity contribution in [3.05, 3.63) is 23.8 Å². The quantitative estimate of drug-likeness (QED) is 0.633. The number of halogens is 1. The topological polar surface area (TPSA) is 42.0 Å². The summed E-state index contributed by atoms with van der Waals surface area (Å²) in [6.45, 7) is 5.16. The largest absolute Gasteiger partial charge is 0.454 e. The van der Waals surface area contributed by atoms with Gasteiger partial charge in [-0.1, -0.05) is 24.6 Å². The molecule has 2 heterocycles. The number of piperazine rings is 1. The predicted molar refractivity (Wildman–Crippen MR) is 79.5 cm³/mol. The molecule has 0 N–H and O–H groups in total. The zero-order valence-electron chi connectivity index (χ0n) is 12.0. The van der Waals surface area contributed by atoms with Gasteiger partial charge in [0.15, 0.2) is 11.5 Å². The van der Waals surface area contributed by atoms with Gasteiger partial charge in [-0.05, 0) is 17.7 Å². The summed E-state index contributed by atoms with van der Waals surface area (Å²) in [4.78, 5) is 15.8. The van der Waals surface area contributed by atoms with Crippen molar-refractivity contribution in [2.75, 3.05) is 26.4 Å². The molecule has 0 radical (unpaired) electrons. The van der Waals surface area contributed by atoms with Gasteiger partial charge < -0.3 is 14.4 Å². The number of hydrogen-bond donors (Lipinski definition) is 0. The molecule has 1 unspecified atom stereocenters. The molecule has 1 fully saturated rings. The summed E-state index contributed by atoms with van der Waals surface area (Å²) in [5, 5.41) is 0. The summed E-state index contributed by atoms with van der Waals surface area (Å²) < 4.78 is 10.7. The Morgan fingerprint density at radius 2 is 2.14 bits per heavy atom. The minimum absolute atomic E-state index is 0.123. The number of nitrogens with zero attached hydrogens (tertiary/aromatic N) is 2. The molecule has 3 rings (SSSR count). The zero-order valence-corrected chi connectivity index (χ0v) is 12.8. The van der Waals surface area contributed by atoms with Gasteiger partial charge >= 0.3 is 0 Å². The first-order valence-corrected chi connectivity index (χ1v) is 7.65. The van der Waals surface area contributed by atoms with Crippen LogP contribution in [0, 0.1) is 0 Å². The molecule has 1 aromatic carbocycles. The number of hydrogen-bond acceptors (Lipinski definition) is 4. The van der Waals surface area contributed by atoms with Crippen molar-refractivity contribution < 1.29 is 14.3 Å². The molecule has 114 valence electrons. The number of fused-ring (bicyclic) bond motifs is 1. The molecule has 5 nitrogen and oxygen atoms in total. The van der Waals surface area contributed by atoms with E-state index in [1.54, 1.807) is 4.90 Å². The van der Waals surface area contributed by atoms with E-state index in [0.717, 1.165) is 24.6 Å². The SMILES string of the molecule is CCC(=O)N1CCN(Cc2ccc3c(c2)OCO3)CC1Cl. The van der Waals surface area contributed by atoms with Crippen LogP contribution in [0.3, 0.4) is 0 Å². The highest BCUT2D eigenvalue weighted by molar-refractivity contribution is 6.21. The average Bonchev–Trinajstić information content (AvgIpc) is 2.94. The van der Waals surface area contributed by atoms with E-state index in [1.807, 2.05) is 25.1 Å². The Hall–Kier alpha value is -1.46. The first-order valence-electron chi connectivity index (χ1n) is 7.22. The zero-order chi connectivity index (χ0) is 14.8. The molecule has 0 bridgehead atoms. The summed E-state index contributed by atoms with van der Waals surface area (Å²) in [6.07, 6.45) is 0.505.